The molecule has 0 bridgehead atoms. The fourth-order valence-corrected chi connectivity index (χ4v) is 4.33. The van der Waals surface area contributed by atoms with Crippen molar-refractivity contribution >= 4 is 23.2 Å². The van der Waals surface area contributed by atoms with E-state index in [4.69, 9.17) is 11.6 Å². The monoisotopic (exact) mass is 464 g/mol. The second-order valence-electron chi connectivity index (χ2n) is 8.09. The van der Waals surface area contributed by atoms with Crippen LogP contribution < -0.4 is 5.32 Å². The molecular formula is C24H22ClFN6O. The van der Waals surface area contributed by atoms with E-state index in [0.29, 0.717) is 27.7 Å². The number of carbonyl (C=O) groups is 1. The van der Waals surface area contributed by atoms with Crippen molar-refractivity contribution in [1.29, 1.82) is 0 Å². The average molecular weight is 465 g/mol. The third-order valence-electron chi connectivity index (χ3n) is 5.89. The largest absolute Gasteiger partial charge is 0.319 e. The third kappa shape index (κ3) is 4.14. The molecule has 0 fully saturated rings. The molecule has 0 spiro atoms. The number of nitrogens with one attached hydrogen (secondary N) is 1. The molecule has 9 heteroatoms. The molecule has 0 saturated carbocycles. The molecule has 0 saturated heterocycles. The number of carbonyl (C=O) groups excluding carboxylic acids is 1. The van der Waals surface area contributed by atoms with Crippen LogP contribution in [0.1, 0.15) is 41.1 Å². The maximum atomic E-state index is 14.6. The van der Waals surface area contributed by atoms with Gasteiger partial charge in [0, 0.05) is 23.6 Å². The summed E-state index contributed by atoms with van der Waals surface area (Å²) in [5.74, 6) is 0.660. The molecule has 0 atom stereocenters. The van der Waals surface area contributed by atoms with Crippen molar-refractivity contribution < 1.29 is 9.18 Å². The minimum Gasteiger partial charge on any atom is -0.319 e. The lowest BCUT2D eigenvalue weighted by molar-refractivity contribution is 0.102. The molecular weight excluding hydrogens is 443 g/mol. The fraction of sp³-hybridized carbons (Fsp3) is 0.250. The molecule has 7 nitrogen and oxygen atoms in total. The van der Waals surface area contributed by atoms with Crippen LogP contribution in [-0.2, 0) is 13.0 Å². The number of aryl methyl sites for hydroxylation is 1. The summed E-state index contributed by atoms with van der Waals surface area (Å²) in [4.78, 5) is 13.0. The zero-order chi connectivity index (χ0) is 22.9. The van der Waals surface area contributed by atoms with Gasteiger partial charge in [-0.05, 0) is 56.2 Å². The van der Waals surface area contributed by atoms with Gasteiger partial charge in [0.05, 0.1) is 28.8 Å². The lowest BCUT2D eigenvalue weighted by Gasteiger charge is -2.11. The van der Waals surface area contributed by atoms with Gasteiger partial charge in [0.2, 0.25) is 0 Å². The van der Waals surface area contributed by atoms with Crippen LogP contribution in [0.3, 0.4) is 0 Å². The minimum atomic E-state index is -0.525. The maximum absolute atomic E-state index is 14.6. The zero-order valence-electron chi connectivity index (χ0n) is 18.1. The Morgan fingerprint density at radius 2 is 2.00 bits per heavy atom. The Hall–Kier alpha value is -3.52. The summed E-state index contributed by atoms with van der Waals surface area (Å²) in [7, 11) is 0. The second kappa shape index (κ2) is 8.78. The van der Waals surface area contributed by atoms with E-state index in [9.17, 15) is 9.18 Å². The van der Waals surface area contributed by atoms with E-state index in [0.717, 1.165) is 43.7 Å². The molecule has 4 aromatic rings. The molecule has 0 aliphatic carbocycles. The highest BCUT2D eigenvalue weighted by Crippen LogP contribution is 2.27. The van der Waals surface area contributed by atoms with Gasteiger partial charge < -0.3 is 9.88 Å². The van der Waals surface area contributed by atoms with Crippen LogP contribution in [0.4, 0.5) is 10.1 Å². The number of fused-ring (bicyclic) bond motifs is 1. The number of hydrogen-bond acceptors (Lipinski definition) is 4. The quantitative estimate of drug-likeness (QED) is 0.449. The van der Waals surface area contributed by atoms with Crippen molar-refractivity contribution in [3.05, 3.63) is 76.6 Å². The SMILES string of the molecule is Cc1c(C(=O)Nc2cc(-c3nnc4n3CCCCC4)ccc2F)cnn1-c1cccc(Cl)c1. The molecule has 1 aliphatic rings. The van der Waals surface area contributed by atoms with Gasteiger partial charge in [-0.15, -0.1) is 10.2 Å². The molecule has 0 unspecified atom stereocenters. The van der Waals surface area contributed by atoms with E-state index in [1.165, 1.54) is 12.3 Å². The van der Waals surface area contributed by atoms with Crippen molar-refractivity contribution in [2.24, 2.45) is 0 Å². The lowest BCUT2D eigenvalue weighted by Crippen LogP contribution is -2.14. The molecule has 5 rings (SSSR count). The van der Waals surface area contributed by atoms with Gasteiger partial charge >= 0.3 is 0 Å². The Balaban J connectivity index is 1.43. The van der Waals surface area contributed by atoms with E-state index in [-0.39, 0.29) is 5.69 Å². The van der Waals surface area contributed by atoms with Crippen molar-refractivity contribution in [3.8, 4) is 17.1 Å². The smallest absolute Gasteiger partial charge is 0.259 e. The van der Waals surface area contributed by atoms with Gasteiger partial charge in [0.1, 0.15) is 11.6 Å². The summed E-state index contributed by atoms with van der Waals surface area (Å²) in [6.45, 7) is 2.61. The van der Waals surface area contributed by atoms with Crippen LogP contribution in [-0.4, -0.2) is 30.5 Å². The normalized spacial score (nSPS) is 13.4. The van der Waals surface area contributed by atoms with Crippen LogP contribution >= 0.6 is 11.6 Å². The third-order valence-corrected chi connectivity index (χ3v) is 6.12. The van der Waals surface area contributed by atoms with Gasteiger partial charge in [-0.25, -0.2) is 9.07 Å². The zero-order valence-corrected chi connectivity index (χ0v) is 18.8. The summed E-state index contributed by atoms with van der Waals surface area (Å²) < 4.78 is 18.3. The second-order valence-corrected chi connectivity index (χ2v) is 8.52. The average Bonchev–Trinajstić information content (AvgIpc) is 3.30. The fourth-order valence-electron chi connectivity index (χ4n) is 4.15. The number of amides is 1. The molecule has 2 aromatic carbocycles. The first-order chi connectivity index (χ1) is 16.0. The topological polar surface area (TPSA) is 77.6 Å². The molecule has 3 heterocycles. The summed E-state index contributed by atoms with van der Waals surface area (Å²) >= 11 is 6.08. The number of aromatic nitrogens is 5. The number of hydrogen-bond donors (Lipinski definition) is 1. The first-order valence-electron chi connectivity index (χ1n) is 10.8. The van der Waals surface area contributed by atoms with Crippen LogP contribution in [0.2, 0.25) is 5.02 Å². The highest BCUT2D eigenvalue weighted by atomic mass is 35.5. The summed E-state index contributed by atoms with van der Waals surface area (Å²) in [6.07, 6.45) is 5.64. The number of rotatable bonds is 4. The Kier molecular flexibility index (Phi) is 5.68. The lowest BCUT2D eigenvalue weighted by atomic mass is 10.1. The van der Waals surface area contributed by atoms with Crippen molar-refractivity contribution in [2.75, 3.05) is 5.32 Å². The van der Waals surface area contributed by atoms with Gasteiger partial charge in [0.15, 0.2) is 5.82 Å². The molecule has 2 aromatic heterocycles. The summed E-state index contributed by atoms with van der Waals surface area (Å²) in [5, 5.41) is 16.2. The van der Waals surface area contributed by atoms with Gasteiger partial charge in [-0.1, -0.05) is 24.1 Å². The van der Waals surface area contributed by atoms with Gasteiger partial charge in [-0.2, -0.15) is 5.10 Å². The standard InChI is InChI=1S/C24H22ClFN6O/c1-15-19(14-27-32(15)18-7-5-6-17(25)13-18)24(33)28-21-12-16(9-10-20(21)26)23-30-29-22-8-3-2-4-11-31(22)23/h5-7,9-10,12-14H,2-4,8,11H2,1H3,(H,28,33). The number of anilines is 1. The molecule has 1 aliphatic heterocycles. The minimum absolute atomic E-state index is 0.0818. The highest BCUT2D eigenvalue weighted by Gasteiger charge is 2.20. The summed E-state index contributed by atoms with van der Waals surface area (Å²) in [5.41, 5.74) is 2.49. The van der Waals surface area contributed by atoms with Gasteiger partial charge in [0.25, 0.3) is 5.91 Å². The Bertz CT molecular complexity index is 1340. The van der Waals surface area contributed by atoms with E-state index in [2.05, 4.69) is 25.2 Å². The van der Waals surface area contributed by atoms with Crippen LogP contribution in [0.15, 0.2) is 48.7 Å². The van der Waals surface area contributed by atoms with E-state index in [1.807, 2.05) is 12.1 Å². The molecule has 1 N–H and O–H groups in total. The molecule has 33 heavy (non-hydrogen) atoms. The van der Waals surface area contributed by atoms with Crippen molar-refractivity contribution in [1.82, 2.24) is 24.5 Å². The first-order valence-corrected chi connectivity index (χ1v) is 11.2. The maximum Gasteiger partial charge on any atom is 0.259 e. The Morgan fingerprint density at radius 3 is 2.85 bits per heavy atom. The molecule has 168 valence electrons. The molecule has 1 amide bonds. The molecule has 0 radical (unpaired) electrons. The van der Waals surface area contributed by atoms with Crippen molar-refractivity contribution in [2.45, 2.75) is 39.2 Å². The Labute approximate surface area is 195 Å². The van der Waals surface area contributed by atoms with Gasteiger partial charge in [-0.3, -0.25) is 4.79 Å². The van der Waals surface area contributed by atoms with Crippen LogP contribution in [0.5, 0.6) is 0 Å². The highest BCUT2D eigenvalue weighted by molar-refractivity contribution is 6.30. The predicted molar refractivity (Wildman–Crippen MR) is 124 cm³/mol. The van der Waals surface area contributed by atoms with E-state index >= 15 is 0 Å². The first kappa shape index (κ1) is 21.3. The summed E-state index contributed by atoms with van der Waals surface area (Å²) in [6, 6.07) is 11.8. The van der Waals surface area contributed by atoms with Crippen LogP contribution in [0.25, 0.3) is 17.1 Å². The van der Waals surface area contributed by atoms with E-state index in [1.54, 1.807) is 35.9 Å². The number of nitrogens with zero attached hydrogens (tertiary/aromatic N) is 5. The Morgan fingerprint density at radius 1 is 1.12 bits per heavy atom. The predicted octanol–water partition coefficient (Wildman–Crippen LogP) is 5.21. The van der Waals surface area contributed by atoms with Crippen molar-refractivity contribution in [3.63, 3.8) is 0 Å². The van der Waals surface area contributed by atoms with Crippen LogP contribution in [0, 0.1) is 12.7 Å². The number of halogens is 2. The van der Waals surface area contributed by atoms with E-state index < -0.39 is 11.7 Å². The number of benzene rings is 2.